The summed E-state index contributed by atoms with van der Waals surface area (Å²) in [4.78, 5) is 26.2. The summed E-state index contributed by atoms with van der Waals surface area (Å²) in [6.45, 7) is 0. The molecule has 0 saturated heterocycles. The number of halogens is 2. The first-order chi connectivity index (χ1) is 9.47. The maximum absolute atomic E-state index is 12.0. The number of hydrogen-bond donors (Lipinski definition) is 1. The number of anilines is 1. The first-order valence-corrected chi connectivity index (χ1v) is 6.93. The first kappa shape index (κ1) is 14.6. The van der Waals surface area contributed by atoms with Crippen LogP contribution in [0.5, 0.6) is 0 Å². The van der Waals surface area contributed by atoms with Crippen LogP contribution in [0.25, 0.3) is 0 Å². The lowest BCUT2D eigenvalue weighted by molar-refractivity contribution is -0.385. The van der Waals surface area contributed by atoms with Gasteiger partial charge in [0, 0.05) is 22.3 Å². The molecule has 0 atom stereocenters. The fourth-order valence-corrected chi connectivity index (χ4v) is 2.06. The third-order valence-electron chi connectivity index (χ3n) is 2.37. The van der Waals surface area contributed by atoms with Crippen molar-refractivity contribution < 1.29 is 9.72 Å². The van der Waals surface area contributed by atoms with Gasteiger partial charge >= 0.3 is 0 Å². The second-order valence-corrected chi connectivity index (χ2v) is 5.51. The van der Waals surface area contributed by atoms with Gasteiger partial charge in [-0.15, -0.1) is 0 Å². The van der Waals surface area contributed by atoms with E-state index in [1.807, 2.05) is 0 Å². The summed E-state index contributed by atoms with van der Waals surface area (Å²) in [5, 5.41) is 13.4. The van der Waals surface area contributed by atoms with Gasteiger partial charge in [0.1, 0.15) is 5.82 Å². The van der Waals surface area contributed by atoms with E-state index in [1.165, 1.54) is 18.2 Å². The zero-order valence-corrected chi connectivity index (χ0v) is 13.0. The van der Waals surface area contributed by atoms with Gasteiger partial charge in [0.25, 0.3) is 11.6 Å². The highest BCUT2D eigenvalue weighted by atomic mass is 79.9. The molecule has 1 heterocycles. The molecule has 0 spiro atoms. The number of nitrogens with zero attached hydrogens (tertiary/aromatic N) is 2. The monoisotopic (exact) mass is 399 g/mol. The van der Waals surface area contributed by atoms with E-state index < -0.39 is 10.8 Å². The van der Waals surface area contributed by atoms with Gasteiger partial charge in [-0.05, 0) is 56.1 Å². The molecule has 0 fully saturated rings. The number of carbonyl (C=O) groups is 1. The lowest BCUT2D eigenvalue weighted by Gasteiger charge is -2.05. The number of nitro benzene ring substituents is 1. The molecule has 0 aliphatic rings. The highest BCUT2D eigenvalue weighted by Gasteiger charge is 2.16. The van der Waals surface area contributed by atoms with Gasteiger partial charge in [0.15, 0.2) is 0 Å². The summed E-state index contributed by atoms with van der Waals surface area (Å²) in [6, 6.07) is 7.51. The Morgan fingerprint density at radius 1 is 1.25 bits per heavy atom. The van der Waals surface area contributed by atoms with Crippen molar-refractivity contribution >= 4 is 49.3 Å². The molecule has 1 aromatic carbocycles. The lowest BCUT2D eigenvalue weighted by atomic mass is 10.2. The van der Waals surface area contributed by atoms with Crippen LogP contribution >= 0.6 is 31.9 Å². The number of pyridine rings is 1. The number of nitrogens with one attached hydrogen (secondary N) is 1. The van der Waals surface area contributed by atoms with E-state index in [0.717, 1.165) is 4.47 Å². The molecule has 2 rings (SSSR count). The highest BCUT2D eigenvalue weighted by Crippen LogP contribution is 2.26. The van der Waals surface area contributed by atoms with E-state index in [0.29, 0.717) is 10.3 Å². The molecule has 0 saturated carbocycles. The summed E-state index contributed by atoms with van der Waals surface area (Å²) in [6.07, 6.45) is 1.54. The Hall–Kier alpha value is -1.80. The number of rotatable bonds is 3. The number of aromatic nitrogens is 1. The third kappa shape index (κ3) is 3.40. The summed E-state index contributed by atoms with van der Waals surface area (Å²) in [5.41, 5.74) is 0.0195. The van der Waals surface area contributed by atoms with Crippen molar-refractivity contribution in [2.45, 2.75) is 0 Å². The average Bonchev–Trinajstić information content (AvgIpc) is 2.41. The largest absolute Gasteiger partial charge is 0.307 e. The van der Waals surface area contributed by atoms with Crippen LogP contribution in [0.1, 0.15) is 10.4 Å². The number of benzene rings is 1. The summed E-state index contributed by atoms with van der Waals surface area (Å²) < 4.78 is 1.11. The molecular weight excluding hydrogens is 394 g/mol. The van der Waals surface area contributed by atoms with Crippen LogP contribution < -0.4 is 5.32 Å². The van der Waals surface area contributed by atoms with Crippen LogP contribution in [0.15, 0.2) is 45.5 Å². The average molecular weight is 401 g/mol. The molecule has 0 radical (unpaired) electrons. The van der Waals surface area contributed by atoms with Crippen molar-refractivity contribution in [2.24, 2.45) is 0 Å². The quantitative estimate of drug-likeness (QED) is 0.627. The number of nitro groups is 1. The summed E-state index contributed by atoms with van der Waals surface area (Å²) in [7, 11) is 0. The van der Waals surface area contributed by atoms with Crippen LogP contribution in [0, 0.1) is 10.1 Å². The minimum Gasteiger partial charge on any atom is -0.307 e. The molecule has 102 valence electrons. The lowest BCUT2D eigenvalue weighted by Crippen LogP contribution is -2.13. The molecule has 0 aliphatic carbocycles. The highest BCUT2D eigenvalue weighted by molar-refractivity contribution is 9.10. The van der Waals surface area contributed by atoms with Crippen LogP contribution in [0.4, 0.5) is 11.5 Å². The smallest absolute Gasteiger partial charge is 0.284 e. The Morgan fingerprint density at radius 3 is 2.60 bits per heavy atom. The topological polar surface area (TPSA) is 85.1 Å². The van der Waals surface area contributed by atoms with Crippen LogP contribution in [-0.4, -0.2) is 15.8 Å². The Kier molecular flexibility index (Phi) is 4.46. The first-order valence-electron chi connectivity index (χ1n) is 5.34. The van der Waals surface area contributed by atoms with Gasteiger partial charge in [0.2, 0.25) is 0 Å². The normalized spacial score (nSPS) is 10.1. The van der Waals surface area contributed by atoms with E-state index in [4.69, 9.17) is 0 Å². The van der Waals surface area contributed by atoms with Gasteiger partial charge in [0.05, 0.1) is 9.40 Å². The number of amides is 1. The van der Waals surface area contributed by atoms with Gasteiger partial charge in [-0.1, -0.05) is 0 Å². The molecule has 0 unspecified atom stereocenters. The van der Waals surface area contributed by atoms with E-state index >= 15 is 0 Å². The molecule has 6 nitrogen and oxygen atoms in total. The van der Waals surface area contributed by atoms with Crippen LogP contribution in [0.2, 0.25) is 0 Å². The second-order valence-electron chi connectivity index (χ2n) is 3.74. The standard InChI is InChI=1S/C12H7Br2N3O3/c13-8-2-4-11(15-6-8)16-12(18)7-1-3-9(14)10(5-7)17(19)20/h1-6H,(H,15,16,18). The van der Waals surface area contributed by atoms with Crippen molar-refractivity contribution in [1.29, 1.82) is 0 Å². The van der Waals surface area contributed by atoms with Crippen molar-refractivity contribution in [3.05, 3.63) is 61.2 Å². The Labute approximate surface area is 130 Å². The van der Waals surface area contributed by atoms with Gasteiger partial charge in [-0.3, -0.25) is 14.9 Å². The van der Waals surface area contributed by atoms with Gasteiger partial charge < -0.3 is 5.32 Å². The summed E-state index contributed by atoms with van der Waals surface area (Å²) >= 11 is 6.30. The Balaban J connectivity index is 2.23. The van der Waals surface area contributed by atoms with Crippen molar-refractivity contribution in [3.8, 4) is 0 Å². The van der Waals surface area contributed by atoms with Gasteiger partial charge in [-0.25, -0.2) is 4.98 Å². The zero-order chi connectivity index (χ0) is 14.7. The molecule has 1 N–H and O–H groups in total. The van der Waals surface area contributed by atoms with Crippen LogP contribution in [0.3, 0.4) is 0 Å². The number of carbonyl (C=O) groups excluding carboxylic acids is 1. The van der Waals surface area contributed by atoms with Crippen molar-refractivity contribution in [1.82, 2.24) is 4.98 Å². The van der Waals surface area contributed by atoms with E-state index in [-0.39, 0.29) is 11.3 Å². The van der Waals surface area contributed by atoms with E-state index in [9.17, 15) is 14.9 Å². The van der Waals surface area contributed by atoms with E-state index in [2.05, 4.69) is 42.2 Å². The minimum absolute atomic E-state index is 0.165. The molecule has 1 aromatic heterocycles. The fraction of sp³-hybridized carbons (Fsp3) is 0. The maximum Gasteiger partial charge on any atom is 0.284 e. The molecule has 8 heteroatoms. The van der Waals surface area contributed by atoms with Crippen molar-refractivity contribution in [2.75, 3.05) is 5.32 Å². The molecular formula is C12H7Br2N3O3. The van der Waals surface area contributed by atoms with Crippen LogP contribution in [-0.2, 0) is 0 Å². The maximum atomic E-state index is 12.0. The van der Waals surface area contributed by atoms with E-state index in [1.54, 1.807) is 18.3 Å². The Morgan fingerprint density at radius 2 is 2.00 bits per heavy atom. The van der Waals surface area contributed by atoms with Crippen molar-refractivity contribution in [3.63, 3.8) is 0 Å². The van der Waals surface area contributed by atoms with Gasteiger partial charge in [-0.2, -0.15) is 0 Å². The molecule has 2 aromatic rings. The third-order valence-corrected chi connectivity index (χ3v) is 3.51. The summed E-state index contributed by atoms with van der Waals surface area (Å²) in [5.74, 6) is -0.0980. The Bertz CT molecular complexity index is 674. The predicted molar refractivity (Wildman–Crippen MR) is 80.7 cm³/mol. The zero-order valence-electron chi connectivity index (χ0n) is 9.84. The minimum atomic E-state index is -0.557. The number of hydrogen-bond acceptors (Lipinski definition) is 4. The molecule has 20 heavy (non-hydrogen) atoms. The molecule has 0 aliphatic heterocycles. The predicted octanol–water partition coefficient (Wildman–Crippen LogP) is 3.77. The fourth-order valence-electron chi connectivity index (χ4n) is 1.43. The second kappa shape index (κ2) is 6.10. The SMILES string of the molecule is O=C(Nc1ccc(Br)cn1)c1ccc(Br)c([N+](=O)[O-])c1. The molecule has 1 amide bonds. The molecule has 0 bridgehead atoms.